The van der Waals surface area contributed by atoms with Gasteiger partial charge in [-0.25, -0.2) is 0 Å². The maximum Gasteiger partial charge on any atom is 0.166 e. The van der Waals surface area contributed by atoms with Crippen LogP contribution in [-0.2, 0) is 4.74 Å². The van der Waals surface area contributed by atoms with Crippen LogP contribution < -0.4 is 0 Å². The minimum atomic E-state index is -0.0268. The van der Waals surface area contributed by atoms with Crippen molar-refractivity contribution in [3.63, 3.8) is 0 Å². The van der Waals surface area contributed by atoms with Crippen molar-refractivity contribution in [2.45, 2.75) is 45.1 Å². The predicted octanol–water partition coefficient (Wildman–Crippen LogP) is 3.57. The molecule has 0 bridgehead atoms. The van der Waals surface area contributed by atoms with E-state index in [1.165, 1.54) is 0 Å². The van der Waals surface area contributed by atoms with Gasteiger partial charge in [0.15, 0.2) is 5.78 Å². The van der Waals surface area contributed by atoms with Crippen molar-refractivity contribution in [1.82, 2.24) is 4.98 Å². The zero-order chi connectivity index (χ0) is 14.9. The second-order valence-corrected chi connectivity index (χ2v) is 7.56. The fraction of sp³-hybridized carbons (Fsp3) is 0.647. The van der Waals surface area contributed by atoms with Crippen LogP contribution in [0, 0.1) is 19.8 Å². The van der Waals surface area contributed by atoms with Gasteiger partial charge in [0, 0.05) is 29.5 Å². The quantitative estimate of drug-likeness (QED) is 0.783. The van der Waals surface area contributed by atoms with E-state index in [1.807, 2.05) is 37.7 Å². The van der Waals surface area contributed by atoms with Crippen LogP contribution >= 0.6 is 11.8 Å². The number of rotatable bonds is 2. The first-order chi connectivity index (χ1) is 10.1. The van der Waals surface area contributed by atoms with Gasteiger partial charge in [-0.3, -0.25) is 9.78 Å². The first kappa shape index (κ1) is 15.0. The van der Waals surface area contributed by atoms with Gasteiger partial charge in [0.05, 0.1) is 5.60 Å². The number of ether oxygens (including phenoxy) is 1. The average Bonchev–Trinajstić information content (AvgIpc) is 2.46. The summed E-state index contributed by atoms with van der Waals surface area (Å²) < 4.78 is 6.09. The maximum atomic E-state index is 12.8. The van der Waals surface area contributed by atoms with E-state index in [-0.39, 0.29) is 17.3 Å². The Balaban J connectivity index is 1.77. The zero-order valence-electron chi connectivity index (χ0n) is 12.9. The van der Waals surface area contributed by atoms with Crippen LogP contribution in [0.5, 0.6) is 0 Å². The predicted molar refractivity (Wildman–Crippen MR) is 86.0 cm³/mol. The van der Waals surface area contributed by atoms with E-state index in [9.17, 15) is 4.79 Å². The Morgan fingerprint density at radius 1 is 1.29 bits per heavy atom. The highest BCUT2D eigenvalue weighted by Gasteiger charge is 2.41. The molecule has 1 atom stereocenters. The summed E-state index contributed by atoms with van der Waals surface area (Å²) in [6.45, 7) is 4.63. The van der Waals surface area contributed by atoms with Crippen molar-refractivity contribution >= 4 is 17.5 Å². The van der Waals surface area contributed by atoms with E-state index in [0.29, 0.717) is 0 Å². The molecule has 2 fully saturated rings. The topological polar surface area (TPSA) is 39.2 Å². The van der Waals surface area contributed by atoms with Gasteiger partial charge in [0.2, 0.25) is 0 Å². The monoisotopic (exact) mass is 305 g/mol. The Labute approximate surface area is 130 Å². The van der Waals surface area contributed by atoms with Crippen molar-refractivity contribution in [1.29, 1.82) is 0 Å². The van der Waals surface area contributed by atoms with E-state index in [0.717, 1.165) is 60.7 Å². The molecule has 4 heteroatoms. The lowest BCUT2D eigenvalue weighted by Gasteiger charge is -2.42. The summed E-state index contributed by atoms with van der Waals surface area (Å²) in [6.07, 6.45) is 3.94. The smallest absolute Gasteiger partial charge is 0.166 e. The molecule has 2 aliphatic rings. The Kier molecular flexibility index (Phi) is 4.36. The Morgan fingerprint density at radius 3 is 2.62 bits per heavy atom. The third-order valence-electron chi connectivity index (χ3n) is 4.63. The number of Topliss-reactive ketones (excluding diaryl/α,β-unsaturated/α-hetero) is 1. The van der Waals surface area contributed by atoms with Gasteiger partial charge in [-0.05, 0) is 63.2 Å². The molecule has 1 spiro atoms. The number of pyridine rings is 1. The molecule has 0 amide bonds. The third-order valence-corrected chi connectivity index (χ3v) is 5.62. The zero-order valence-corrected chi connectivity index (χ0v) is 13.7. The molecule has 3 rings (SSSR count). The Hall–Kier alpha value is -0.870. The van der Waals surface area contributed by atoms with Gasteiger partial charge in [-0.2, -0.15) is 11.8 Å². The van der Waals surface area contributed by atoms with Crippen LogP contribution in [0.3, 0.4) is 0 Å². The van der Waals surface area contributed by atoms with Crippen LogP contribution in [0.4, 0.5) is 0 Å². The molecule has 2 saturated heterocycles. The van der Waals surface area contributed by atoms with Crippen LogP contribution in [-0.4, -0.2) is 34.5 Å². The summed E-state index contributed by atoms with van der Waals surface area (Å²) in [5.41, 5.74) is 2.65. The van der Waals surface area contributed by atoms with Crippen molar-refractivity contribution in [2.75, 3.05) is 18.1 Å². The number of thioether (sulfide) groups is 1. The van der Waals surface area contributed by atoms with Gasteiger partial charge in [0.25, 0.3) is 0 Å². The number of carbonyl (C=O) groups excluding carboxylic acids is 1. The van der Waals surface area contributed by atoms with Crippen LogP contribution in [0.2, 0.25) is 0 Å². The summed E-state index contributed by atoms with van der Waals surface area (Å²) >= 11 is 2.00. The molecular formula is C17H23NO2S. The van der Waals surface area contributed by atoms with E-state index in [1.54, 1.807) is 0 Å². The summed E-state index contributed by atoms with van der Waals surface area (Å²) in [5.74, 6) is 2.72. The number of hydrogen-bond donors (Lipinski definition) is 0. The highest BCUT2D eigenvalue weighted by atomic mass is 32.2. The van der Waals surface area contributed by atoms with Gasteiger partial charge in [-0.15, -0.1) is 0 Å². The van der Waals surface area contributed by atoms with Gasteiger partial charge in [-0.1, -0.05) is 0 Å². The molecule has 1 aromatic rings. The van der Waals surface area contributed by atoms with Crippen molar-refractivity contribution in [3.05, 3.63) is 29.1 Å². The van der Waals surface area contributed by atoms with E-state index < -0.39 is 0 Å². The molecule has 0 saturated carbocycles. The molecular weight excluding hydrogens is 282 g/mol. The molecule has 0 aliphatic carbocycles. The highest BCUT2D eigenvalue weighted by molar-refractivity contribution is 7.99. The molecule has 0 radical (unpaired) electrons. The summed E-state index contributed by atoms with van der Waals surface area (Å²) in [6, 6.07) is 3.85. The largest absolute Gasteiger partial charge is 0.375 e. The summed E-state index contributed by atoms with van der Waals surface area (Å²) in [4.78, 5) is 17.2. The van der Waals surface area contributed by atoms with Gasteiger partial charge in [0.1, 0.15) is 0 Å². The fourth-order valence-corrected chi connectivity index (χ4v) is 4.79. The van der Waals surface area contributed by atoms with E-state index >= 15 is 0 Å². The van der Waals surface area contributed by atoms with Gasteiger partial charge < -0.3 is 4.74 Å². The number of carbonyl (C=O) groups is 1. The van der Waals surface area contributed by atoms with E-state index in [4.69, 9.17) is 4.74 Å². The lowest BCUT2D eigenvalue weighted by atomic mass is 9.78. The number of aryl methyl sites for hydroxylation is 2. The molecule has 0 aromatic carbocycles. The third kappa shape index (κ3) is 3.32. The first-order valence-electron chi connectivity index (χ1n) is 7.79. The van der Waals surface area contributed by atoms with Crippen molar-refractivity contribution in [3.8, 4) is 0 Å². The molecule has 3 heterocycles. The molecule has 1 aromatic heterocycles. The molecule has 114 valence electrons. The lowest BCUT2D eigenvalue weighted by Crippen LogP contribution is -2.44. The second-order valence-electron chi connectivity index (χ2n) is 6.34. The highest BCUT2D eigenvalue weighted by Crippen LogP contribution is 2.40. The van der Waals surface area contributed by atoms with Crippen molar-refractivity contribution < 1.29 is 9.53 Å². The SMILES string of the molecule is Cc1cc(C(=O)C2CCOC3(CCSCC3)C2)cc(C)n1. The molecule has 21 heavy (non-hydrogen) atoms. The summed E-state index contributed by atoms with van der Waals surface area (Å²) in [5, 5.41) is 0. The fourth-order valence-electron chi connectivity index (χ4n) is 3.56. The Bertz CT molecular complexity index is 512. The van der Waals surface area contributed by atoms with E-state index in [2.05, 4.69) is 4.98 Å². The average molecular weight is 305 g/mol. The van der Waals surface area contributed by atoms with Crippen molar-refractivity contribution in [2.24, 2.45) is 5.92 Å². The second kappa shape index (κ2) is 6.09. The summed E-state index contributed by atoms with van der Waals surface area (Å²) in [7, 11) is 0. The van der Waals surface area contributed by atoms with Gasteiger partial charge >= 0.3 is 0 Å². The molecule has 0 N–H and O–H groups in total. The van der Waals surface area contributed by atoms with Crippen LogP contribution in [0.15, 0.2) is 12.1 Å². The lowest BCUT2D eigenvalue weighted by molar-refractivity contribution is -0.0959. The number of ketones is 1. The normalized spacial score (nSPS) is 25.0. The number of hydrogen-bond acceptors (Lipinski definition) is 4. The minimum Gasteiger partial charge on any atom is -0.375 e. The molecule has 1 unspecified atom stereocenters. The van der Waals surface area contributed by atoms with Crippen LogP contribution in [0.1, 0.15) is 47.4 Å². The maximum absolute atomic E-state index is 12.8. The molecule has 2 aliphatic heterocycles. The van der Waals surface area contributed by atoms with Crippen LogP contribution in [0.25, 0.3) is 0 Å². The standard InChI is InChI=1S/C17H23NO2S/c1-12-9-15(10-13(2)18-12)16(19)14-3-6-20-17(11-14)4-7-21-8-5-17/h9-10,14H,3-8,11H2,1-2H3. The Morgan fingerprint density at radius 2 is 1.95 bits per heavy atom. The number of aromatic nitrogens is 1. The first-order valence-corrected chi connectivity index (χ1v) is 8.95. The number of nitrogens with zero attached hydrogens (tertiary/aromatic N) is 1. The molecule has 3 nitrogen and oxygen atoms in total. The minimum absolute atomic E-state index is 0.0268.